The van der Waals surface area contributed by atoms with E-state index in [0.29, 0.717) is 12.5 Å². The third-order valence-electron chi connectivity index (χ3n) is 3.34. The fourth-order valence-corrected chi connectivity index (χ4v) is 2.45. The van der Waals surface area contributed by atoms with Crippen LogP contribution in [0.15, 0.2) is 18.2 Å². The molecule has 2 atom stereocenters. The standard InChI is InChI=1S/C12H18N2O2/c1-14-7-8(6-13)4-11(14)10-5-9(15)2-3-12(10)16/h2-3,5,8,11,15-16H,4,6-7,13H2,1H3. The maximum absolute atomic E-state index is 9.80. The van der Waals surface area contributed by atoms with E-state index >= 15 is 0 Å². The highest BCUT2D eigenvalue weighted by atomic mass is 16.3. The summed E-state index contributed by atoms with van der Waals surface area (Å²) in [6.07, 6.45) is 0.935. The van der Waals surface area contributed by atoms with Crippen molar-refractivity contribution in [2.75, 3.05) is 20.1 Å². The van der Waals surface area contributed by atoms with Gasteiger partial charge < -0.3 is 15.9 Å². The third-order valence-corrected chi connectivity index (χ3v) is 3.34. The van der Waals surface area contributed by atoms with Crippen LogP contribution in [0.25, 0.3) is 0 Å². The summed E-state index contributed by atoms with van der Waals surface area (Å²) in [4.78, 5) is 2.17. The summed E-state index contributed by atoms with van der Waals surface area (Å²) in [6, 6.07) is 4.82. The maximum Gasteiger partial charge on any atom is 0.120 e. The van der Waals surface area contributed by atoms with Crippen molar-refractivity contribution in [1.29, 1.82) is 0 Å². The minimum absolute atomic E-state index is 0.153. The Kier molecular flexibility index (Phi) is 3.03. The summed E-state index contributed by atoms with van der Waals surface area (Å²) in [5.41, 5.74) is 6.46. The van der Waals surface area contributed by atoms with E-state index in [1.165, 1.54) is 12.1 Å². The molecule has 1 aliphatic heterocycles. The average molecular weight is 222 g/mol. The van der Waals surface area contributed by atoms with Crippen LogP contribution in [-0.2, 0) is 0 Å². The van der Waals surface area contributed by atoms with Gasteiger partial charge in [-0.25, -0.2) is 0 Å². The van der Waals surface area contributed by atoms with Crippen molar-refractivity contribution >= 4 is 0 Å². The molecule has 1 aromatic carbocycles. The monoisotopic (exact) mass is 222 g/mol. The van der Waals surface area contributed by atoms with E-state index in [1.54, 1.807) is 6.07 Å². The fourth-order valence-electron chi connectivity index (χ4n) is 2.45. The maximum atomic E-state index is 9.80. The predicted octanol–water partition coefficient (Wildman–Crippen LogP) is 1.05. The van der Waals surface area contributed by atoms with Gasteiger partial charge in [0, 0.05) is 18.2 Å². The van der Waals surface area contributed by atoms with Crippen molar-refractivity contribution in [2.24, 2.45) is 11.7 Å². The van der Waals surface area contributed by atoms with Crippen LogP contribution < -0.4 is 5.73 Å². The Morgan fingerprint density at radius 2 is 2.19 bits per heavy atom. The lowest BCUT2D eigenvalue weighted by Gasteiger charge is -2.20. The van der Waals surface area contributed by atoms with Crippen LogP contribution >= 0.6 is 0 Å². The summed E-state index contributed by atoms with van der Waals surface area (Å²) in [5, 5.41) is 19.3. The summed E-state index contributed by atoms with van der Waals surface area (Å²) in [6.45, 7) is 1.61. The van der Waals surface area contributed by atoms with Gasteiger partial charge in [0.15, 0.2) is 0 Å². The molecule has 0 bridgehead atoms. The number of aromatic hydroxyl groups is 2. The molecule has 0 aromatic heterocycles. The molecule has 1 aromatic rings. The molecule has 16 heavy (non-hydrogen) atoms. The van der Waals surface area contributed by atoms with Crippen LogP contribution in [0.4, 0.5) is 0 Å². The number of likely N-dealkylation sites (tertiary alicyclic amines) is 1. The van der Waals surface area contributed by atoms with Gasteiger partial charge in [-0.05, 0) is 44.1 Å². The Balaban J connectivity index is 2.27. The van der Waals surface area contributed by atoms with Crippen LogP contribution in [-0.4, -0.2) is 35.3 Å². The lowest BCUT2D eigenvalue weighted by Crippen LogP contribution is -2.20. The first-order valence-electron chi connectivity index (χ1n) is 5.54. The quantitative estimate of drug-likeness (QED) is 0.654. The van der Waals surface area contributed by atoms with Gasteiger partial charge in [0.2, 0.25) is 0 Å². The lowest BCUT2D eigenvalue weighted by molar-refractivity contribution is 0.305. The molecule has 1 fully saturated rings. The highest BCUT2D eigenvalue weighted by Crippen LogP contribution is 2.39. The molecule has 1 aliphatic rings. The molecule has 0 amide bonds. The molecule has 0 radical (unpaired) electrons. The number of nitrogens with two attached hydrogens (primary N) is 1. The molecule has 0 aliphatic carbocycles. The van der Waals surface area contributed by atoms with Crippen molar-refractivity contribution < 1.29 is 10.2 Å². The Morgan fingerprint density at radius 1 is 1.44 bits per heavy atom. The van der Waals surface area contributed by atoms with Crippen molar-refractivity contribution in [2.45, 2.75) is 12.5 Å². The van der Waals surface area contributed by atoms with Gasteiger partial charge in [-0.3, -0.25) is 4.90 Å². The second-order valence-electron chi connectivity index (χ2n) is 4.54. The summed E-state index contributed by atoms with van der Waals surface area (Å²) >= 11 is 0. The number of phenolic OH excluding ortho intramolecular Hbond substituents is 2. The van der Waals surface area contributed by atoms with E-state index in [2.05, 4.69) is 4.90 Å². The Morgan fingerprint density at radius 3 is 2.81 bits per heavy atom. The molecular formula is C12H18N2O2. The summed E-state index contributed by atoms with van der Waals surface area (Å²) in [5.74, 6) is 0.904. The summed E-state index contributed by atoms with van der Waals surface area (Å²) in [7, 11) is 2.02. The number of hydrogen-bond donors (Lipinski definition) is 3. The van der Waals surface area contributed by atoms with Gasteiger partial charge in [-0.2, -0.15) is 0 Å². The number of benzene rings is 1. The van der Waals surface area contributed by atoms with E-state index < -0.39 is 0 Å². The third kappa shape index (κ3) is 1.99. The van der Waals surface area contributed by atoms with Crippen LogP contribution in [0.3, 0.4) is 0 Å². The van der Waals surface area contributed by atoms with Crippen molar-refractivity contribution in [1.82, 2.24) is 4.90 Å². The highest BCUT2D eigenvalue weighted by molar-refractivity contribution is 5.41. The predicted molar refractivity (Wildman–Crippen MR) is 62.3 cm³/mol. The number of phenols is 2. The van der Waals surface area contributed by atoms with E-state index in [4.69, 9.17) is 5.73 Å². The first-order chi connectivity index (χ1) is 7.61. The number of hydrogen-bond acceptors (Lipinski definition) is 4. The normalized spacial score (nSPS) is 26.1. The Bertz CT molecular complexity index is 381. The molecule has 4 N–H and O–H groups in total. The van der Waals surface area contributed by atoms with E-state index in [9.17, 15) is 10.2 Å². The van der Waals surface area contributed by atoms with E-state index in [0.717, 1.165) is 18.5 Å². The fraction of sp³-hybridized carbons (Fsp3) is 0.500. The second kappa shape index (κ2) is 4.31. The van der Waals surface area contributed by atoms with Gasteiger partial charge in [0.05, 0.1) is 0 Å². The number of nitrogens with zero attached hydrogens (tertiary/aromatic N) is 1. The smallest absolute Gasteiger partial charge is 0.120 e. The van der Waals surface area contributed by atoms with Crippen molar-refractivity contribution in [3.63, 3.8) is 0 Å². The second-order valence-corrected chi connectivity index (χ2v) is 4.54. The van der Waals surface area contributed by atoms with Gasteiger partial charge in [0.25, 0.3) is 0 Å². The van der Waals surface area contributed by atoms with Crippen LogP contribution in [0.1, 0.15) is 18.0 Å². The summed E-state index contributed by atoms with van der Waals surface area (Å²) < 4.78 is 0. The molecule has 1 heterocycles. The van der Waals surface area contributed by atoms with E-state index in [-0.39, 0.29) is 17.5 Å². The molecule has 2 rings (SSSR count). The zero-order chi connectivity index (χ0) is 11.7. The SMILES string of the molecule is CN1CC(CN)CC1c1cc(O)ccc1O. The minimum Gasteiger partial charge on any atom is -0.508 e. The Hall–Kier alpha value is -1.26. The van der Waals surface area contributed by atoms with Gasteiger partial charge in [0.1, 0.15) is 11.5 Å². The molecule has 0 saturated carbocycles. The molecule has 2 unspecified atom stereocenters. The topological polar surface area (TPSA) is 69.7 Å². The largest absolute Gasteiger partial charge is 0.508 e. The van der Waals surface area contributed by atoms with Gasteiger partial charge in [-0.15, -0.1) is 0 Å². The van der Waals surface area contributed by atoms with Crippen LogP contribution in [0, 0.1) is 5.92 Å². The van der Waals surface area contributed by atoms with Crippen LogP contribution in [0.2, 0.25) is 0 Å². The molecule has 0 spiro atoms. The molecule has 4 nitrogen and oxygen atoms in total. The molecule has 88 valence electrons. The number of rotatable bonds is 2. The molecule has 4 heteroatoms. The van der Waals surface area contributed by atoms with Crippen LogP contribution in [0.5, 0.6) is 11.5 Å². The molecule has 1 saturated heterocycles. The lowest BCUT2D eigenvalue weighted by atomic mass is 9.99. The van der Waals surface area contributed by atoms with Crippen molar-refractivity contribution in [3.8, 4) is 11.5 Å². The molecular weight excluding hydrogens is 204 g/mol. The van der Waals surface area contributed by atoms with Crippen molar-refractivity contribution in [3.05, 3.63) is 23.8 Å². The first kappa shape index (κ1) is 11.2. The van der Waals surface area contributed by atoms with E-state index in [1.807, 2.05) is 7.05 Å². The average Bonchev–Trinajstić information content (AvgIpc) is 2.63. The highest BCUT2D eigenvalue weighted by Gasteiger charge is 2.31. The first-order valence-corrected chi connectivity index (χ1v) is 5.54. The van der Waals surface area contributed by atoms with Gasteiger partial charge >= 0.3 is 0 Å². The minimum atomic E-state index is 0.153. The van der Waals surface area contributed by atoms with Gasteiger partial charge in [-0.1, -0.05) is 0 Å². The zero-order valence-electron chi connectivity index (χ0n) is 9.43. The Labute approximate surface area is 95.3 Å². The zero-order valence-corrected chi connectivity index (χ0v) is 9.43.